The van der Waals surface area contributed by atoms with Crippen molar-refractivity contribution >= 4 is 0 Å². The van der Waals surface area contributed by atoms with Crippen molar-refractivity contribution in [1.82, 2.24) is 5.32 Å². The molecule has 1 rings (SSSR count). The van der Waals surface area contributed by atoms with Crippen LogP contribution >= 0.6 is 0 Å². The summed E-state index contributed by atoms with van der Waals surface area (Å²) in [6.07, 6.45) is 1.28. The predicted molar refractivity (Wildman–Crippen MR) is 46.6 cm³/mol. The molecule has 0 aromatic heterocycles. The van der Waals surface area contributed by atoms with Crippen molar-refractivity contribution in [1.29, 1.82) is 0 Å². The summed E-state index contributed by atoms with van der Waals surface area (Å²) in [4.78, 5) is 0. The van der Waals surface area contributed by atoms with E-state index in [1.165, 1.54) is 0 Å². The minimum absolute atomic E-state index is 0.303. The van der Waals surface area contributed by atoms with Gasteiger partial charge in [-0.3, -0.25) is 0 Å². The molecule has 1 atom stereocenters. The highest BCUT2D eigenvalue weighted by Crippen LogP contribution is 2.03. The fraction of sp³-hybridized carbons (Fsp3) is 0.778. The largest absolute Gasteiger partial charge is 0.355 e. The van der Waals surface area contributed by atoms with E-state index in [9.17, 15) is 0 Å². The maximum absolute atomic E-state index is 5.33. The Morgan fingerprint density at radius 3 is 3.17 bits per heavy atom. The van der Waals surface area contributed by atoms with Crippen molar-refractivity contribution in [2.24, 2.45) is 0 Å². The first-order valence-corrected chi connectivity index (χ1v) is 4.23. The molecule has 1 N–H and O–H groups in total. The highest BCUT2D eigenvalue weighted by molar-refractivity contribution is 4.97. The highest BCUT2D eigenvalue weighted by Gasteiger charge is 2.12. The van der Waals surface area contributed by atoms with E-state index in [0.717, 1.165) is 26.1 Å². The molecule has 1 aliphatic heterocycles. The molecule has 1 saturated heterocycles. The molecule has 0 amide bonds. The van der Waals surface area contributed by atoms with E-state index in [4.69, 9.17) is 9.47 Å². The summed E-state index contributed by atoms with van der Waals surface area (Å²) in [5, 5.41) is 3.20. The monoisotopic (exact) mass is 169 g/mol. The smallest absolute Gasteiger partial charge is 0.147 e. The van der Waals surface area contributed by atoms with E-state index in [2.05, 4.69) is 17.2 Å². The van der Waals surface area contributed by atoms with E-state index in [-0.39, 0.29) is 0 Å². The third-order valence-corrected chi connectivity index (χ3v) is 1.73. The molecule has 12 heavy (non-hydrogen) atoms. The van der Waals surface area contributed by atoms with Gasteiger partial charge < -0.3 is 14.8 Å². The fourth-order valence-corrected chi connectivity index (χ4v) is 1.05. The van der Waals surface area contributed by atoms with E-state index >= 15 is 0 Å². The minimum atomic E-state index is 0.303. The van der Waals surface area contributed by atoms with Crippen molar-refractivity contribution in [2.75, 3.05) is 26.5 Å². The molecule has 0 spiro atoms. The van der Waals surface area contributed by atoms with Gasteiger partial charge >= 0.3 is 0 Å². The Kier molecular flexibility index (Phi) is 4.77. The van der Waals surface area contributed by atoms with Gasteiger partial charge in [-0.05, 0) is 13.3 Å². The first-order chi connectivity index (χ1) is 5.93. The first kappa shape index (κ1) is 9.53. The van der Waals surface area contributed by atoms with E-state index < -0.39 is 0 Å². The van der Waals surface area contributed by atoms with Crippen LogP contribution < -0.4 is 5.32 Å². The Morgan fingerprint density at radius 2 is 2.50 bits per heavy atom. The van der Waals surface area contributed by atoms with Crippen molar-refractivity contribution < 1.29 is 9.47 Å². The molecule has 1 heterocycles. The molecule has 3 nitrogen and oxygen atoms in total. The van der Waals surface area contributed by atoms with Gasteiger partial charge in [-0.15, -0.1) is 5.92 Å². The maximum Gasteiger partial charge on any atom is 0.147 e. The van der Waals surface area contributed by atoms with Crippen LogP contribution in [0, 0.1) is 11.8 Å². The minimum Gasteiger partial charge on any atom is -0.355 e. The summed E-state index contributed by atoms with van der Waals surface area (Å²) < 4.78 is 10.4. The zero-order valence-electron chi connectivity index (χ0n) is 7.43. The summed E-state index contributed by atoms with van der Waals surface area (Å²) >= 11 is 0. The Bertz CT molecular complexity index is 165. The summed E-state index contributed by atoms with van der Waals surface area (Å²) in [6.45, 7) is 4.71. The van der Waals surface area contributed by atoms with Crippen molar-refractivity contribution in [3.05, 3.63) is 0 Å². The van der Waals surface area contributed by atoms with E-state index in [1.54, 1.807) is 0 Å². The molecule has 3 heteroatoms. The maximum atomic E-state index is 5.33. The van der Waals surface area contributed by atoms with Crippen LogP contribution in [0.15, 0.2) is 0 Å². The van der Waals surface area contributed by atoms with Gasteiger partial charge in [-0.1, -0.05) is 5.92 Å². The standard InChI is InChI=1S/C9H15NO2/c1-2-3-5-10-7-9-4-6-11-8-12-9/h9-10H,4-8H2,1H3. The van der Waals surface area contributed by atoms with Gasteiger partial charge in [0.15, 0.2) is 0 Å². The average Bonchev–Trinajstić information content (AvgIpc) is 2.14. The summed E-state index contributed by atoms with van der Waals surface area (Å²) in [6, 6.07) is 0. The number of nitrogens with one attached hydrogen (secondary N) is 1. The number of rotatable bonds is 3. The fourth-order valence-electron chi connectivity index (χ4n) is 1.05. The molecule has 0 bridgehead atoms. The molecule has 0 radical (unpaired) electrons. The van der Waals surface area contributed by atoms with Gasteiger partial charge in [0.2, 0.25) is 0 Å². The van der Waals surface area contributed by atoms with Gasteiger partial charge in [0.1, 0.15) is 6.79 Å². The molecule has 1 unspecified atom stereocenters. The third-order valence-electron chi connectivity index (χ3n) is 1.73. The van der Waals surface area contributed by atoms with E-state index in [1.807, 2.05) is 6.92 Å². The van der Waals surface area contributed by atoms with Gasteiger partial charge in [0.05, 0.1) is 19.3 Å². The quantitative estimate of drug-likeness (QED) is 0.489. The Labute approximate surface area is 73.4 Å². The van der Waals surface area contributed by atoms with Crippen LogP contribution in [0.3, 0.4) is 0 Å². The second-order valence-corrected chi connectivity index (χ2v) is 2.66. The SMILES string of the molecule is CC#CCNCC1CCOCO1. The molecule has 1 aliphatic rings. The molecule has 0 saturated carbocycles. The van der Waals surface area contributed by atoms with Crippen LogP contribution in [0.5, 0.6) is 0 Å². The van der Waals surface area contributed by atoms with Crippen molar-refractivity contribution in [3.63, 3.8) is 0 Å². The summed E-state index contributed by atoms with van der Waals surface area (Å²) in [5.74, 6) is 5.77. The van der Waals surface area contributed by atoms with Crippen LogP contribution in [-0.2, 0) is 9.47 Å². The average molecular weight is 169 g/mol. The lowest BCUT2D eigenvalue weighted by Crippen LogP contribution is -2.34. The number of ether oxygens (including phenoxy) is 2. The summed E-state index contributed by atoms with van der Waals surface area (Å²) in [5.41, 5.74) is 0. The normalized spacial score (nSPS) is 22.9. The van der Waals surface area contributed by atoms with Crippen molar-refractivity contribution in [3.8, 4) is 11.8 Å². The molecule has 1 fully saturated rings. The zero-order valence-corrected chi connectivity index (χ0v) is 7.43. The summed E-state index contributed by atoms with van der Waals surface area (Å²) in [7, 11) is 0. The van der Waals surface area contributed by atoms with Crippen LogP contribution in [0.2, 0.25) is 0 Å². The number of hydrogen-bond acceptors (Lipinski definition) is 3. The van der Waals surface area contributed by atoms with Gasteiger partial charge in [-0.2, -0.15) is 0 Å². The Hall–Kier alpha value is -0.560. The zero-order chi connectivity index (χ0) is 8.65. The van der Waals surface area contributed by atoms with Gasteiger partial charge in [0.25, 0.3) is 0 Å². The Morgan fingerprint density at radius 1 is 1.58 bits per heavy atom. The molecule has 0 aromatic carbocycles. The topological polar surface area (TPSA) is 30.5 Å². The second-order valence-electron chi connectivity index (χ2n) is 2.66. The Balaban J connectivity index is 2.00. The lowest BCUT2D eigenvalue weighted by Gasteiger charge is -2.22. The predicted octanol–water partition coefficient (Wildman–Crippen LogP) is 0.362. The van der Waals surface area contributed by atoms with Crippen LogP contribution in [0.1, 0.15) is 13.3 Å². The first-order valence-electron chi connectivity index (χ1n) is 4.23. The molecule has 0 aliphatic carbocycles. The molecule has 68 valence electrons. The molecule has 0 aromatic rings. The lowest BCUT2D eigenvalue weighted by molar-refractivity contribution is -0.136. The number of hydrogen-bond donors (Lipinski definition) is 1. The third kappa shape index (κ3) is 3.72. The van der Waals surface area contributed by atoms with Crippen LogP contribution in [0.4, 0.5) is 0 Å². The molecular weight excluding hydrogens is 154 g/mol. The molecular formula is C9H15NO2. The van der Waals surface area contributed by atoms with Gasteiger partial charge in [-0.25, -0.2) is 0 Å². The van der Waals surface area contributed by atoms with Crippen molar-refractivity contribution in [2.45, 2.75) is 19.4 Å². The van der Waals surface area contributed by atoms with Gasteiger partial charge in [0, 0.05) is 6.54 Å². The van der Waals surface area contributed by atoms with E-state index in [0.29, 0.717) is 12.9 Å². The van der Waals surface area contributed by atoms with Crippen LogP contribution in [0.25, 0.3) is 0 Å². The second kappa shape index (κ2) is 6.01. The van der Waals surface area contributed by atoms with Crippen LogP contribution in [-0.4, -0.2) is 32.6 Å². The highest BCUT2D eigenvalue weighted by atomic mass is 16.7. The lowest BCUT2D eigenvalue weighted by atomic mass is 10.2.